The van der Waals surface area contributed by atoms with E-state index in [1.165, 1.54) is 16.7 Å². The molecule has 4 nitrogen and oxygen atoms in total. The Morgan fingerprint density at radius 1 is 1.39 bits per heavy atom. The molecule has 5 heteroatoms. The van der Waals surface area contributed by atoms with Gasteiger partial charge in [-0.3, -0.25) is 9.59 Å². The van der Waals surface area contributed by atoms with Crippen LogP contribution in [0.3, 0.4) is 0 Å². The molecule has 0 saturated carbocycles. The number of benzene rings is 1. The SMILES string of the molecule is CS[C@]1(CC(=O)N(C)C)C(=O)Nc2ccccc21. The molecule has 0 fully saturated rings. The van der Waals surface area contributed by atoms with E-state index >= 15 is 0 Å². The molecule has 0 spiro atoms. The molecule has 0 aliphatic carbocycles. The number of nitrogens with zero attached hydrogens (tertiary/aromatic N) is 1. The summed E-state index contributed by atoms with van der Waals surface area (Å²) in [5.74, 6) is -0.150. The van der Waals surface area contributed by atoms with E-state index in [-0.39, 0.29) is 18.2 Å². The fraction of sp³-hybridized carbons (Fsp3) is 0.385. The van der Waals surface area contributed by atoms with Crippen LogP contribution in [0.1, 0.15) is 12.0 Å². The number of rotatable bonds is 3. The number of fused-ring (bicyclic) bond motifs is 1. The van der Waals surface area contributed by atoms with Crippen molar-refractivity contribution in [1.29, 1.82) is 0 Å². The maximum atomic E-state index is 12.2. The van der Waals surface area contributed by atoms with Crippen molar-refractivity contribution < 1.29 is 9.59 Å². The van der Waals surface area contributed by atoms with Crippen molar-refractivity contribution in [2.45, 2.75) is 11.2 Å². The fourth-order valence-electron chi connectivity index (χ4n) is 2.11. The first-order valence-corrected chi connectivity index (χ1v) is 6.90. The Morgan fingerprint density at radius 2 is 2.06 bits per heavy atom. The van der Waals surface area contributed by atoms with Gasteiger partial charge < -0.3 is 10.2 Å². The Balaban J connectivity index is 2.43. The van der Waals surface area contributed by atoms with Crippen LogP contribution in [0.15, 0.2) is 24.3 Å². The summed E-state index contributed by atoms with van der Waals surface area (Å²) in [4.78, 5) is 25.7. The Kier molecular flexibility index (Phi) is 3.34. The normalized spacial score (nSPS) is 21.4. The molecule has 1 aromatic rings. The van der Waals surface area contributed by atoms with Crippen LogP contribution in [-0.2, 0) is 14.3 Å². The lowest BCUT2D eigenvalue weighted by atomic mass is 9.95. The number of carbonyl (C=O) groups is 2. The summed E-state index contributed by atoms with van der Waals surface area (Å²) in [5.41, 5.74) is 1.71. The summed E-state index contributed by atoms with van der Waals surface area (Å²) < 4.78 is -0.794. The molecular weight excluding hydrogens is 248 g/mol. The van der Waals surface area contributed by atoms with Crippen molar-refractivity contribution in [1.82, 2.24) is 4.90 Å². The zero-order chi connectivity index (χ0) is 13.3. The molecule has 0 radical (unpaired) electrons. The van der Waals surface area contributed by atoms with Crippen LogP contribution in [0.4, 0.5) is 5.69 Å². The zero-order valence-corrected chi connectivity index (χ0v) is 11.5. The maximum absolute atomic E-state index is 12.2. The lowest BCUT2D eigenvalue weighted by Crippen LogP contribution is -2.37. The molecule has 18 heavy (non-hydrogen) atoms. The summed E-state index contributed by atoms with van der Waals surface area (Å²) in [5, 5.41) is 2.85. The molecule has 0 saturated heterocycles. The van der Waals surface area contributed by atoms with Gasteiger partial charge in [-0.1, -0.05) is 18.2 Å². The fourth-order valence-corrected chi connectivity index (χ4v) is 3.01. The predicted octanol–water partition coefficient (Wildman–Crippen LogP) is 1.68. The third-order valence-corrected chi connectivity index (χ3v) is 4.47. The van der Waals surface area contributed by atoms with Crippen molar-refractivity contribution in [3.05, 3.63) is 29.8 Å². The molecule has 0 bridgehead atoms. The number of nitrogens with one attached hydrogen (secondary N) is 1. The van der Waals surface area contributed by atoms with Gasteiger partial charge in [-0.2, -0.15) is 0 Å². The highest BCUT2D eigenvalue weighted by Crippen LogP contribution is 2.47. The number of para-hydroxylation sites is 1. The Morgan fingerprint density at radius 3 is 2.67 bits per heavy atom. The number of hydrogen-bond donors (Lipinski definition) is 1. The molecule has 2 rings (SSSR count). The van der Waals surface area contributed by atoms with Crippen LogP contribution < -0.4 is 5.32 Å². The largest absolute Gasteiger partial charge is 0.349 e. The van der Waals surface area contributed by atoms with E-state index in [1.54, 1.807) is 14.1 Å². The second kappa shape index (κ2) is 4.65. The molecule has 1 aliphatic heterocycles. The third-order valence-electron chi connectivity index (χ3n) is 3.22. The van der Waals surface area contributed by atoms with Crippen LogP contribution in [0.5, 0.6) is 0 Å². The Hall–Kier alpha value is -1.49. The van der Waals surface area contributed by atoms with Crippen LogP contribution in [-0.4, -0.2) is 37.1 Å². The third kappa shape index (κ3) is 1.88. The standard InChI is InChI=1S/C13H16N2O2S/c1-15(2)11(16)8-13(18-3)9-6-4-5-7-10(9)14-12(13)17/h4-7H,8H2,1-3H3,(H,14,17)/t13-/m0/s1. The van der Waals surface area contributed by atoms with Gasteiger partial charge in [0, 0.05) is 25.3 Å². The van der Waals surface area contributed by atoms with Crippen LogP contribution in [0.2, 0.25) is 0 Å². The van der Waals surface area contributed by atoms with Gasteiger partial charge in [-0.05, 0) is 12.3 Å². The summed E-state index contributed by atoms with van der Waals surface area (Å²) in [6.45, 7) is 0. The van der Waals surface area contributed by atoms with Crippen molar-refractivity contribution in [2.75, 3.05) is 25.7 Å². The lowest BCUT2D eigenvalue weighted by Gasteiger charge is -2.26. The van der Waals surface area contributed by atoms with Gasteiger partial charge in [0.1, 0.15) is 4.75 Å². The van der Waals surface area contributed by atoms with E-state index in [0.717, 1.165) is 11.3 Å². The van der Waals surface area contributed by atoms with Gasteiger partial charge >= 0.3 is 0 Å². The van der Waals surface area contributed by atoms with Gasteiger partial charge in [0.2, 0.25) is 11.8 Å². The van der Waals surface area contributed by atoms with Crippen molar-refractivity contribution >= 4 is 29.3 Å². The molecule has 0 aromatic heterocycles. The quantitative estimate of drug-likeness (QED) is 0.903. The highest BCUT2D eigenvalue weighted by molar-refractivity contribution is 8.00. The predicted molar refractivity (Wildman–Crippen MR) is 73.6 cm³/mol. The second-order valence-corrected chi connectivity index (χ2v) is 5.60. The average molecular weight is 264 g/mol. The van der Waals surface area contributed by atoms with E-state index < -0.39 is 4.75 Å². The summed E-state index contributed by atoms with van der Waals surface area (Å²) in [6.07, 6.45) is 2.05. The number of carbonyl (C=O) groups excluding carboxylic acids is 2. The topological polar surface area (TPSA) is 49.4 Å². The summed E-state index contributed by atoms with van der Waals surface area (Å²) in [7, 11) is 3.41. The first kappa shape index (κ1) is 13.0. The lowest BCUT2D eigenvalue weighted by molar-refractivity contribution is -0.131. The van der Waals surface area contributed by atoms with E-state index in [1.807, 2.05) is 30.5 Å². The number of anilines is 1. The van der Waals surface area contributed by atoms with Crippen molar-refractivity contribution in [3.8, 4) is 0 Å². The number of amides is 2. The van der Waals surface area contributed by atoms with Gasteiger partial charge in [0.15, 0.2) is 0 Å². The zero-order valence-electron chi connectivity index (χ0n) is 10.7. The molecule has 2 amide bonds. The summed E-state index contributed by atoms with van der Waals surface area (Å²) >= 11 is 1.42. The molecule has 96 valence electrons. The maximum Gasteiger partial charge on any atom is 0.245 e. The monoisotopic (exact) mass is 264 g/mol. The van der Waals surface area contributed by atoms with Crippen molar-refractivity contribution in [2.24, 2.45) is 0 Å². The molecule has 1 atom stereocenters. The van der Waals surface area contributed by atoms with Gasteiger partial charge in [0.25, 0.3) is 0 Å². The average Bonchev–Trinajstić information content (AvgIpc) is 2.62. The molecule has 1 aromatic carbocycles. The molecule has 1 aliphatic rings. The highest BCUT2D eigenvalue weighted by atomic mass is 32.2. The van der Waals surface area contributed by atoms with Gasteiger partial charge in [0.05, 0.1) is 6.42 Å². The molecular formula is C13H16N2O2S. The first-order valence-electron chi connectivity index (χ1n) is 5.67. The molecule has 1 heterocycles. The molecule has 1 N–H and O–H groups in total. The van der Waals surface area contributed by atoms with Crippen LogP contribution in [0, 0.1) is 0 Å². The number of hydrogen-bond acceptors (Lipinski definition) is 3. The minimum Gasteiger partial charge on any atom is -0.349 e. The Labute approximate surface area is 111 Å². The Bertz CT molecular complexity index is 502. The summed E-state index contributed by atoms with van der Waals surface area (Å²) in [6, 6.07) is 7.55. The smallest absolute Gasteiger partial charge is 0.245 e. The van der Waals surface area contributed by atoms with Gasteiger partial charge in [-0.25, -0.2) is 0 Å². The van der Waals surface area contributed by atoms with Crippen LogP contribution in [0.25, 0.3) is 0 Å². The van der Waals surface area contributed by atoms with E-state index in [4.69, 9.17) is 0 Å². The number of thioether (sulfide) groups is 1. The van der Waals surface area contributed by atoms with E-state index in [0.29, 0.717) is 0 Å². The first-order chi connectivity index (χ1) is 8.51. The van der Waals surface area contributed by atoms with E-state index in [2.05, 4.69) is 5.32 Å². The second-order valence-electron chi connectivity index (χ2n) is 4.50. The molecule has 0 unspecified atom stereocenters. The van der Waals surface area contributed by atoms with Crippen LogP contribution >= 0.6 is 11.8 Å². The minimum atomic E-state index is -0.794. The minimum absolute atomic E-state index is 0.0452. The van der Waals surface area contributed by atoms with Gasteiger partial charge in [-0.15, -0.1) is 11.8 Å². The highest BCUT2D eigenvalue weighted by Gasteiger charge is 2.47. The van der Waals surface area contributed by atoms with E-state index in [9.17, 15) is 9.59 Å². The van der Waals surface area contributed by atoms with Crippen molar-refractivity contribution in [3.63, 3.8) is 0 Å².